The molecule has 3 aromatic rings. The number of nitrogens with zero attached hydrogens (tertiary/aromatic N) is 1. The first kappa shape index (κ1) is 14.8. The number of rotatable bonds is 4. The standard InChI is InChI=1S/C17H13ClN2OS/c18-14-6-1-4-12(10-14)17(21)20-11-13-5-2-8-19-16(13)15-7-3-9-22-15/h1-10H,11H2,(H,20,21). The van der Waals surface area contributed by atoms with Crippen LogP contribution >= 0.6 is 22.9 Å². The van der Waals surface area contributed by atoms with Crippen molar-refractivity contribution < 1.29 is 4.79 Å². The molecular formula is C17H13ClN2OS. The van der Waals surface area contributed by atoms with Crippen LogP contribution in [0.15, 0.2) is 60.1 Å². The third-order valence-corrected chi connectivity index (χ3v) is 4.28. The van der Waals surface area contributed by atoms with Crippen LogP contribution in [0.2, 0.25) is 5.02 Å². The Balaban J connectivity index is 1.76. The Morgan fingerprint density at radius 3 is 2.86 bits per heavy atom. The van der Waals surface area contributed by atoms with Crippen LogP contribution in [0, 0.1) is 0 Å². The molecule has 0 radical (unpaired) electrons. The summed E-state index contributed by atoms with van der Waals surface area (Å²) in [5.74, 6) is -0.150. The fraction of sp³-hybridized carbons (Fsp3) is 0.0588. The van der Waals surface area contributed by atoms with Gasteiger partial charge in [-0.25, -0.2) is 0 Å². The monoisotopic (exact) mass is 328 g/mol. The van der Waals surface area contributed by atoms with Gasteiger partial charge in [0, 0.05) is 23.3 Å². The fourth-order valence-corrected chi connectivity index (χ4v) is 3.07. The summed E-state index contributed by atoms with van der Waals surface area (Å²) >= 11 is 7.54. The quantitative estimate of drug-likeness (QED) is 0.771. The predicted octanol–water partition coefficient (Wildman–Crippen LogP) is 4.39. The molecule has 3 nitrogen and oxygen atoms in total. The second-order valence-corrected chi connectivity index (χ2v) is 6.07. The second kappa shape index (κ2) is 6.73. The number of amides is 1. The molecule has 2 heterocycles. The van der Waals surface area contributed by atoms with Crippen molar-refractivity contribution in [2.24, 2.45) is 0 Å². The lowest BCUT2D eigenvalue weighted by Gasteiger charge is -2.09. The maximum absolute atomic E-state index is 12.2. The van der Waals surface area contributed by atoms with E-state index in [9.17, 15) is 4.79 Å². The number of carbonyl (C=O) groups excluding carboxylic acids is 1. The predicted molar refractivity (Wildman–Crippen MR) is 90.2 cm³/mol. The van der Waals surface area contributed by atoms with Gasteiger partial charge in [-0.2, -0.15) is 0 Å². The van der Waals surface area contributed by atoms with Gasteiger partial charge in [-0.3, -0.25) is 9.78 Å². The van der Waals surface area contributed by atoms with Crippen LogP contribution in [0.3, 0.4) is 0 Å². The fourth-order valence-electron chi connectivity index (χ4n) is 2.12. The van der Waals surface area contributed by atoms with Gasteiger partial charge in [0.05, 0.1) is 10.6 Å². The zero-order valence-corrected chi connectivity index (χ0v) is 13.2. The molecule has 1 amide bonds. The van der Waals surface area contributed by atoms with E-state index in [0.717, 1.165) is 16.1 Å². The molecule has 0 saturated carbocycles. The van der Waals surface area contributed by atoms with Crippen LogP contribution in [0.4, 0.5) is 0 Å². The minimum Gasteiger partial charge on any atom is -0.348 e. The smallest absolute Gasteiger partial charge is 0.251 e. The van der Waals surface area contributed by atoms with Crippen molar-refractivity contribution in [3.8, 4) is 10.6 Å². The largest absolute Gasteiger partial charge is 0.348 e. The molecule has 0 aliphatic rings. The van der Waals surface area contributed by atoms with E-state index in [1.807, 2.05) is 29.6 Å². The summed E-state index contributed by atoms with van der Waals surface area (Å²) in [4.78, 5) is 17.7. The number of pyridine rings is 1. The molecule has 2 aromatic heterocycles. The Kier molecular flexibility index (Phi) is 4.51. The maximum atomic E-state index is 12.2. The lowest BCUT2D eigenvalue weighted by atomic mass is 10.1. The Morgan fingerprint density at radius 1 is 1.18 bits per heavy atom. The minimum absolute atomic E-state index is 0.150. The van der Waals surface area contributed by atoms with Crippen LogP contribution in [-0.4, -0.2) is 10.9 Å². The average molecular weight is 329 g/mol. The van der Waals surface area contributed by atoms with Gasteiger partial charge >= 0.3 is 0 Å². The zero-order chi connectivity index (χ0) is 15.4. The molecule has 22 heavy (non-hydrogen) atoms. The Morgan fingerprint density at radius 2 is 2.09 bits per heavy atom. The number of nitrogens with one attached hydrogen (secondary N) is 1. The summed E-state index contributed by atoms with van der Waals surface area (Å²) in [6.07, 6.45) is 1.76. The highest BCUT2D eigenvalue weighted by molar-refractivity contribution is 7.13. The summed E-state index contributed by atoms with van der Waals surface area (Å²) in [5.41, 5.74) is 2.44. The lowest BCUT2D eigenvalue weighted by molar-refractivity contribution is 0.0951. The number of hydrogen-bond donors (Lipinski definition) is 1. The van der Waals surface area contributed by atoms with Crippen molar-refractivity contribution >= 4 is 28.8 Å². The Bertz CT molecular complexity index is 787. The van der Waals surface area contributed by atoms with Crippen molar-refractivity contribution in [1.82, 2.24) is 10.3 Å². The van der Waals surface area contributed by atoms with Crippen molar-refractivity contribution in [3.63, 3.8) is 0 Å². The summed E-state index contributed by atoms with van der Waals surface area (Å²) in [6.45, 7) is 0.423. The van der Waals surface area contributed by atoms with E-state index in [1.165, 1.54) is 0 Å². The van der Waals surface area contributed by atoms with Gasteiger partial charge in [-0.05, 0) is 41.3 Å². The summed E-state index contributed by atoms with van der Waals surface area (Å²) in [6, 6.07) is 14.8. The first-order valence-electron chi connectivity index (χ1n) is 6.75. The SMILES string of the molecule is O=C(NCc1cccnc1-c1cccs1)c1cccc(Cl)c1. The highest BCUT2D eigenvalue weighted by atomic mass is 35.5. The van der Waals surface area contributed by atoms with Crippen LogP contribution in [0.25, 0.3) is 10.6 Å². The molecule has 0 spiro atoms. The first-order chi connectivity index (χ1) is 10.7. The van der Waals surface area contributed by atoms with Gasteiger partial charge in [0.1, 0.15) is 0 Å². The van der Waals surface area contributed by atoms with Crippen molar-refractivity contribution in [2.45, 2.75) is 6.54 Å². The number of aromatic nitrogens is 1. The number of carbonyl (C=O) groups is 1. The number of benzene rings is 1. The molecule has 0 aliphatic heterocycles. The van der Waals surface area contributed by atoms with E-state index < -0.39 is 0 Å². The molecule has 1 aromatic carbocycles. The van der Waals surface area contributed by atoms with Crippen LogP contribution in [0.5, 0.6) is 0 Å². The minimum atomic E-state index is -0.150. The van der Waals surface area contributed by atoms with E-state index in [-0.39, 0.29) is 5.91 Å². The highest BCUT2D eigenvalue weighted by Crippen LogP contribution is 2.25. The van der Waals surface area contributed by atoms with Crippen LogP contribution in [0.1, 0.15) is 15.9 Å². The Labute approximate surface area is 137 Å². The highest BCUT2D eigenvalue weighted by Gasteiger charge is 2.10. The van der Waals surface area contributed by atoms with Gasteiger partial charge in [-0.15, -0.1) is 11.3 Å². The summed E-state index contributed by atoms with van der Waals surface area (Å²) < 4.78 is 0. The molecule has 5 heteroatoms. The average Bonchev–Trinajstić information content (AvgIpc) is 3.07. The van der Waals surface area contributed by atoms with E-state index in [4.69, 9.17) is 11.6 Å². The molecule has 0 atom stereocenters. The number of halogens is 1. The summed E-state index contributed by atoms with van der Waals surface area (Å²) in [7, 11) is 0. The molecule has 1 N–H and O–H groups in total. The van der Waals surface area contributed by atoms with Crippen molar-refractivity contribution in [2.75, 3.05) is 0 Å². The van der Waals surface area contributed by atoms with Crippen molar-refractivity contribution in [1.29, 1.82) is 0 Å². The molecule has 0 bridgehead atoms. The van der Waals surface area contributed by atoms with Gasteiger partial charge in [0.25, 0.3) is 5.91 Å². The molecular weight excluding hydrogens is 316 g/mol. The topological polar surface area (TPSA) is 42.0 Å². The molecule has 110 valence electrons. The molecule has 0 unspecified atom stereocenters. The van der Waals surface area contributed by atoms with Gasteiger partial charge in [0.15, 0.2) is 0 Å². The molecule has 3 rings (SSSR count). The second-order valence-electron chi connectivity index (χ2n) is 4.68. The number of hydrogen-bond acceptors (Lipinski definition) is 3. The molecule has 0 fully saturated rings. The number of thiophene rings is 1. The third-order valence-electron chi connectivity index (χ3n) is 3.17. The zero-order valence-electron chi connectivity index (χ0n) is 11.6. The van der Waals surface area contributed by atoms with Crippen LogP contribution < -0.4 is 5.32 Å². The summed E-state index contributed by atoms with van der Waals surface area (Å²) in [5, 5.41) is 5.47. The van der Waals surface area contributed by atoms with Gasteiger partial charge in [-0.1, -0.05) is 29.8 Å². The van der Waals surface area contributed by atoms with Crippen molar-refractivity contribution in [3.05, 3.63) is 76.3 Å². The van der Waals surface area contributed by atoms with E-state index in [1.54, 1.807) is 41.8 Å². The molecule has 0 saturated heterocycles. The van der Waals surface area contributed by atoms with E-state index >= 15 is 0 Å². The Hall–Kier alpha value is -2.17. The van der Waals surface area contributed by atoms with E-state index in [2.05, 4.69) is 10.3 Å². The third kappa shape index (κ3) is 3.35. The van der Waals surface area contributed by atoms with E-state index in [0.29, 0.717) is 17.1 Å². The normalized spacial score (nSPS) is 10.4. The maximum Gasteiger partial charge on any atom is 0.251 e. The van der Waals surface area contributed by atoms with Gasteiger partial charge < -0.3 is 5.32 Å². The molecule has 0 aliphatic carbocycles. The lowest BCUT2D eigenvalue weighted by Crippen LogP contribution is -2.23. The first-order valence-corrected chi connectivity index (χ1v) is 8.01. The van der Waals surface area contributed by atoms with Crippen LogP contribution in [-0.2, 0) is 6.54 Å². The van der Waals surface area contributed by atoms with Gasteiger partial charge in [0.2, 0.25) is 0 Å².